The fraction of sp³-hybridized carbons (Fsp3) is 0.538. The summed E-state index contributed by atoms with van der Waals surface area (Å²) in [6, 6.07) is 4.08. The Morgan fingerprint density at radius 1 is 1.31 bits per heavy atom. The smallest absolute Gasteiger partial charge is 0.124 e. The molecule has 3 heteroatoms. The Hall–Kier alpha value is -1.06. The molecule has 90 valence electrons. The normalized spacial score (nSPS) is 14.6. The molecule has 0 heterocycles. The largest absolute Gasteiger partial charge is 0.496 e. The highest BCUT2D eigenvalue weighted by atomic mass is 16.5. The third-order valence-electron chi connectivity index (χ3n) is 3.03. The SMILES string of the molecule is COc1cc(C)cc(C)c1C(N)C(C)CN. The van der Waals surface area contributed by atoms with E-state index < -0.39 is 0 Å². The van der Waals surface area contributed by atoms with Crippen LogP contribution >= 0.6 is 0 Å². The maximum Gasteiger partial charge on any atom is 0.124 e. The van der Waals surface area contributed by atoms with Crippen molar-refractivity contribution in [2.45, 2.75) is 26.8 Å². The molecule has 2 atom stereocenters. The summed E-state index contributed by atoms with van der Waals surface area (Å²) in [6.07, 6.45) is 0. The van der Waals surface area contributed by atoms with Crippen LogP contribution in [0.5, 0.6) is 5.75 Å². The Bertz CT molecular complexity index is 363. The van der Waals surface area contributed by atoms with E-state index in [9.17, 15) is 0 Å². The molecule has 0 bridgehead atoms. The summed E-state index contributed by atoms with van der Waals surface area (Å²) in [5.74, 6) is 1.11. The van der Waals surface area contributed by atoms with Crippen molar-refractivity contribution >= 4 is 0 Å². The monoisotopic (exact) mass is 222 g/mol. The summed E-state index contributed by atoms with van der Waals surface area (Å²) >= 11 is 0. The quantitative estimate of drug-likeness (QED) is 0.818. The van der Waals surface area contributed by atoms with E-state index >= 15 is 0 Å². The number of methoxy groups -OCH3 is 1. The van der Waals surface area contributed by atoms with Gasteiger partial charge in [-0.25, -0.2) is 0 Å². The zero-order valence-electron chi connectivity index (χ0n) is 10.6. The molecule has 0 amide bonds. The van der Waals surface area contributed by atoms with Gasteiger partial charge in [-0.3, -0.25) is 0 Å². The molecular weight excluding hydrogens is 200 g/mol. The fourth-order valence-electron chi connectivity index (χ4n) is 1.97. The van der Waals surface area contributed by atoms with Gasteiger partial charge in [-0.1, -0.05) is 13.0 Å². The summed E-state index contributed by atoms with van der Waals surface area (Å²) in [6.45, 7) is 6.76. The second kappa shape index (κ2) is 5.32. The second-order valence-corrected chi connectivity index (χ2v) is 4.44. The van der Waals surface area contributed by atoms with Gasteiger partial charge in [0.2, 0.25) is 0 Å². The van der Waals surface area contributed by atoms with Crippen molar-refractivity contribution in [3.63, 3.8) is 0 Å². The maximum absolute atomic E-state index is 6.22. The van der Waals surface area contributed by atoms with Crippen molar-refractivity contribution in [3.05, 3.63) is 28.8 Å². The molecule has 3 nitrogen and oxygen atoms in total. The molecule has 0 aliphatic rings. The first-order valence-electron chi connectivity index (χ1n) is 5.62. The molecular formula is C13H22N2O. The predicted molar refractivity (Wildman–Crippen MR) is 67.6 cm³/mol. The number of aryl methyl sites for hydroxylation is 2. The predicted octanol–water partition coefficient (Wildman–Crippen LogP) is 1.91. The number of ether oxygens (including phenoxy) is 1. The molecule has 0 radical (unpaired) electrons. The van der Waals surface area contributed by atoms with Gasteiger partial charge in [0, 0.05) is 11.6 Å². The molecule has 1 rings (SSSR count). The molecule has 0 aliphatic heterocycles. The molecule has 0 saturated heterocycles. The molecule has 0 aromatic heterocycles. The number of hydrogen-bond donors (Lipinski definition) is 2. The molecule has 4 N–H and O–H groups in total. The lowest BCUT2D eigenvalue weighted by atomic mass is 9.90. The van der Waals surface area contributed by atoms with E-state index in [-0.39, 0.29) is 12.0 Å². The zero-order chi connectivity index (χ0) is 12.3. The highest BCUT2D eigenvalue weighted by Gasteiger charge is 2.19. The van der Waals surface area contributed by atoms with Gasteiger partial charge >= 0.3 is 0 Å². The van der Waals surface area contributed by atoms with Crippen LogP contribution in [0.4, 0.5) is 0 Å². The van der Waals surface area contributed by atoms with Crippen LogP contribution in [0.15, 0.2) is 12.1 Å². The van der Waals surface area contributed by atoms with E-state index in [1.54, 1.807) is 7.11 Å². The Balaban J connectivity index is 3.20. The molecule has 1 aromatic carbocycles. The molecule has 1 aromatic rings. The minimum absolute atomic E-state index is 0.0689. The van der Waals surface area contributed by atoms with Crippen LogP contribution in [0.1, 0.15) is 29.7 Å². The first kappa shape index (κ1) is 13.0. The van der Waals surface area contributed by atoms with Gasteiger partial charge in [0.25, 0.3) is 0 Å². The van der Waals surface area contributed by atoms with Gasteiger partial charge in [-0.05, 0) is 43.5 Å². The lowest BCUT2D eigenvalue weighted by Gasteiger charge is -2.23. The van der Waals surface area contributed by atoms with Crippen molar-refractivity contribution in [2.24, 2.45) is 17.4 Å². The Morgan fingerprint density at radius 2 is 1.94 bits per heavy atom. The van der Waals surface area contributed by atoms with E-state index in [4.69, 9.17) is 16.2 Å². The first-order valence-corrected chi connectivity index (χ1v) is 5.62. The maximum atomic E-state index is 6.22. The van der Waals surface area contributed by atoms with Gasteiger partial charge in [0.05, 0.1) is 7.11 Å². The van der Waals surface area contributed by atoms with E-state index in [1.165, 1.54) is 11.1 Å². The number of rotatable bonds is 4. The lowest BCUT2D eigenvalue weighted by molar-refractivity contribution is 0.391. The van der Waals surface area contributed by atoms with Crippen LogP contribution in [0.25, 0.3) is 0 Å². The summed E-state index contributed by atoms with van der Waals surface area (Å²) in [5, 5.41) is 0. The van der Waals surface area contributed by atoms with Crippen LogP contribution in [-0.4, -0.2) is 13.7 Å². The minimum atomic E-state index is -0.0689. The Labute approximate surface area is 97.8 Å². The molecule has 0 saturated carbocycles. The van der Waals surface area contributed by atoms with Crippen LogP contribution in [0.3, 0.4) is 0 Å². The van der Waals surface area contributed by atoms with Crippen molar-refractivity contribution in [1.29, 1.82) is 0 Å². The van der Waals surface area contributed by atoms with E-state index in [2.05, 4.69) is 26.8 Å². The molecule has 0 fully saturated rings. The van der Waals surface area contributed by atoms with Gasteiger partial charge < -0.3 is 16.2 Å². The Kier molecular flexibility index (Phi) is 4.33. The average Bonchev–Trinajstić information content (AvgIpc) is 2.26. The highest BCUT2D eigenvalue weighted by Crippen LogP contribution is 2.32. The third kappa shape index (κ3) is 2.54. The van der Waals surface area contributed by atoms with Crippen molar-refractivity contribution in [1.82, 2.24) is 0 Å². The standard InChI is InChI=1S/C13H22N2O/c1-8-5-9(2)12(11(6-8)16-4)13(15)10(3)7-14/h5-6,10,13H,7,14-15H2,1-4H3. The van der Waals surface area contributed by atoms with E-state index in [0.717, 1.165) is 11.3 Å². The molecule has 0 spiro atoms. The Morgan fingerprint density at radius 3 is 2.44 bits per heavy atom. The number of benzene rings is 1. The van der Waals surface area contributed by atoms with Gasteiger partial charge in [-0.2, -0.15) is 0 Å². The molecule has 0 aliphatic carbocycles. The van der Waals surface area contributed by atoms with Crippen LogP contribution < -0.4 is 16.2 Å². The van der Waals surface area contributed by atoms with Crippen molar-refractivity contribution in [2.75, 3.05) is 13.7 Å². The zero-order valence-corrected chi connectivity index (χ0v) is 10.6. The fourth-order valence-corrected chi connectivity index (χ4v) is 1.97. The third-order valence-corrected chi connectivity index (χ3v) is 3.03. The average molecular weight is 222 g/mol. The minimum Gasteiger partial charge on any atom is -0.496 e. The van der Waals surface area contributed by atoms with Crippen molar-refractivity contribution < 1.29 is 4.74 Å². The van der Waals surface area contributed by atoms with Crippen LogP contribution in [-0.2, 0) is 0 Å². The van der Waals surface area contributed by atoms with Crippen molar-refractivity contribution in [3.8, 4) is 5.75 Å². The number of hydrogen-bond acceptors (Lipinski definition) is 3. The summed E-state index contributed by atoms with van der Waals surface area (Å²) < 4.78 is 5.40. The summed E-state index contributed by atoms with van der Waals surface area (Å²) in [7, 11) is 1.68. The molecule has 16 heavy (non-hydrogen) atoms. The van der Waals surface area contributed by atoms with Gasteiger partial charge in [0.15, 0.2) is 0 Å². The van der Waals surface area contributed by atoms with Crippen LogP contribution in [0, 0.1) is 19.8 Å². The summed E-state index contributed by atoms with van der Waals surface area (Å²) in [4.78, 5) is 0. The lowest BCUT2D eigenvalue weighted by Crippen LogP contribution is -2.26. The van der Waals surface area contributed by atoms with Gasteiger partial charge in [-0.15, -0.1) is 0 Å². The molecule has 2 unspecified atom stereocenters. The van der Waals surface area contributed by atoms with E-state index in [0.29, 0.717) is 6.54 Å². The topological polar surface area (TPSA) is 61.3 Å². The highest BCUT2D eigenvalue weighted by molar-refractivity contribution is 5.45. The second-order valence-electron chi connectivity index (χ2n) is 4.44. The van der Waals surface area contributed by atoms with Crippen LogP contribution in [0.2, 0.25) is 0 Å². The van der Waals surface area contributed by atoms with Gasteiger partial charge in [0.1, 0.15) is 5.75 Å². The first-order chi connectivity index (χ1) is 7.51. The number of nitrogens with two attached hydrogens (primary N) is 2. The summed E-state index contributed by atoms with van der Waals surface area (Å²) in [5.41, 5.74) is 15.3. The van der Waals surface area contributed by atoms with E-state index in [1.807, 2.05) is 6.07 Å².